The Bertz CT molecular complexity index is 1060. The molecule has 33 heavy (non-hydrogen) atoms. The van der Waals surface area contributed by atoms with Crippen LogP contribution in [0.15, 0.2) is 53.9 Å². The van der Waals surface area contributed by atoms with Gasteiger partial charge < -0.3 is 15.0 Å². The first-order valence-electron chi connectivity index (χ1n) is 10.6. The van der Waals surface area contributed by atoms with E-state index < -0.39 is 11.7 Å². The average molecular weight is 477 g/mol. The van der Waals surface area contributed by atoms with Crippen molar-refractivity contribution >= 4 is 23.1 Å². The highest BCUT2D eigenvalue weighted by molar-refractivity contribution is 7.13. The molecule has 1 saturated heterocycles. The van der Waals surface area contributed by atoms with Crippen LogP contribution >= 0.6 is 11.3 Å². The number of benzene rings is 1. The number of alkyl halides is 3. The van der Waals surface area contributed by atoms with Crippen molar-refractivity contribution in [2.45, 2.75) is 19.0 Å². The fraction of sp³-hybridized carbons (Fsp3) is 0.348. The maximum atomic E-state index is 12.8. The molecule has 0 radical (unpaired) electrons. The van der Waals surface area contributed by atoms with Crippen molar-refractivity contribution in [3.63, 3.8) is 0 Å². The molecule has 10 heteroatoms. The van der Waals surface area contributed by atoms with Crippen LogP contribution in [-0.2, 0) is 11.0 Å². The third-order valence-electron chi connectivity index (χ3n) is 5.37. The molecule has 3 heterocycles. The minimum Gasteiger partial charge on any atom is -0.492 e. The first-order valence-corrected chi connectivity index (χ1v) is 11.5. The number of halogens is 3. The molecule has 1 aliphatic rings. The van der Waals surface area contributed by atoms with Gasteiger partial charge in [0.25, 0.3) is 0 Å². The van der Waals surface area contributed by atoms with E-state index in [-0.39, 0.29) is 30.7 Å². The number of nitrogens with zero attached hydrogens (tertiary/aromatic N) is 3. The number of rotatable bonds is 7. The van der Waals surface area contributed by atoms with Crippen LogP contribution in [0.4, 0.5) is 19.0 Å². The molecule has 0 saturated carbocycles. The maximum absolute atomic E-state index is 12.8. The highest BCUT2D eigenvalue weighted by atomic mass is 32.1. The molecule has 1 fully saturated rings. The van der Waals surface area contributed by atoms with Crippen LogP contribution in [-0.4, -0.2) is 42.3 Å². The van der Waals surface area contributed by atoms with E-state index >= 15 is 0 Å². The van der Waals surface area contributed by atoms with E-state index in [1.54, 1.807) is 11.3 Å². The molecule has 2 aromatic heterocycles. The Labute approximate surface area is 193 Å². The lowest BCUT2D eigenvalue weighted by Gasteiger charge is -2.32. The molecule has 174 valence electrons. The van der Waals surface area contributed by atoms with Crippen LogP contribution in [0, 0.1) is 5.92 Å². The minimum absolute atomic E-state index is 0.0825. The number of hydrogen-bond acceptors (Lipinski definition) is 6. The summed E-state index contributed by atoms with van der Waals surface area (Å²) >= 11 is 1.60. The molecule has 1 atom stereocenters. The van der Waals surface area contributed by atoms with Gasteiger partial charge in [0.1, 0.15) is 18.1 Å². The zero-order valence-electron chi connectivity index (χ0n) is 17.7. The van der Waals surface area contributed by atoms with Gasteiger partial charge in [-0.25, -0.2) is 0 Å². The van der Waals surface area contributed by atoms with Crippen LogP contribution in [0.25, 0.3) is 10.6 Å². The van der Waals surface area contributed by atoms with E-state index in [2.05, 4.69) is 20.4 Å². The summed E-state index contributed by atoms with van der Waals surface area (Å²) in [5.74, 6) is 0.551. The minimum atomic E-state index is -4.42. The number of thiophene rings is 1. The summed E-state index contributed by atoms with van der Waals surface area (Å²) in [4.78, 5) is 15.7. The third-order valence-corrected chi connectivity index (χ3v) is 6.26. The van der Waals surface area contributed by atoms with E-state index in [0.29, 0.717) is 6.54 Å². The average Bonchev–Trinajstić information content (AvgIpc) is 3.37. The van der Waals surface area contributed by atoms with Gasteiger partial charge in [0.2, 0.25) is 5.91 Å². The van der Waals surface area contributed by atoms with Crippen molar-refractivity contribution in [3.8, 4) is 16.3 Å². The number of amides is 1. The quantitative estimate of drug-likeness (QED) is 0.504. The highest BCUT2D eigenvalue weighted by Gasteiger charge is 2.30. The lowest BCUT2D eigenvalue weighted by Crippen LogP contribution is -2.44. The smallest absolute Gasteiger partial charge is 0.416 e. The van der Waals surface area contributed by atoms with Gasteiger partial charge in [-0.1, -0.05) is 12.1 Å². The summed E-state index contributed by atoms with van der Waals surface area (Å²) in [7, 11) is 0. The predicted molar refractivity (Wildman–Crippen MR) is 120 cm³/mol. The molecule has 0 spiro atoms. The summed E-state index contributed by atoms with van der Waals surface area (Å²) in [5.41, 5.74) is 0.0543. The number of carbonyl (C=O) groups excluding carboxylic acids is 1. The molecule has 4 rings (SSSR count). The second-order valence-electron chi connectivity index (χ2n) is 7.70. The maximum Gasteiger partial charge on any atom is 0.416 e. The van der Waals surface area contributed by atoms with Crippen LogP contribution in [0.3, 0.4) is 0 Å². The molecule has 0 aliphatic carbocycles. The first-order chi connectivity index (χ1) is 15.9. The lowest BCUT2D eigenvalue weighted by molar-refractivity contribution is -0.137. The van der Waals surface area contributed by atoms with Crippen molar-refractivity contribution in [2.24, 2.45) is 5.92 Å². The normalized spacial score (nSPS) is 16.5. The highest BCUT2D eigenvalue weighted by Crippen LogP contribution is 2.31. The molecular formula is C23H23F3N4O2S. The van der Waals surface area contributed by atoms with Crippen LogP contribution in [0.5, 0.6) is 5.75 Å². The van der Waals surface area contributed by atoms with Crippen molar-refractivity contribution in [3.05, 3.63) is 59.5 Å². The molecule has 6 nitrogen and oxygen atoms in total. The fourth-order valence-electron chi connectivity index (χ4n) is 3.70. The molecule has 1 amide bonds. The van der Waals surface area contributed by atoms with Gasteiger partial charge in [-0.3, -0.25) is 4.79 Å². The van der Waals surface area contributed by atoms with Gasteiger partial charge in [-0.2, -0.15) is 13.2 Å². The number of anilines is 1. The summed E-state index contributed by atoms with van der Waals surface area (Å²) in [6.45, 7) is 1.63. The number of piperidine rings is 1. The molecular weight excluding hydrogens is 453 g/mol. The van der Waals surface area contributed by atoms with E-state index in [1.807, 2.05) is 29.6 Å². The Balaban J connectivity index is 1.25. The first kappa shape index (κ1) is 23.0. The Morgan fingerprint density at radius 2 is 2.06 bits per heavy atom. The van der Waals surface area contributed by atoms with Crippen LogP contribution < -0.4 is 15.0 Å². The fourth-order valence-corrected chi connectivity index (χ4v) is 4.39. The number of aromatic nitrogens is 2. The van der Waals surface area contributed by atoms with E-state index in [9.17, 15) is 18.0 Å². The molecule has 3 aromatic rings. The lowest BCUT2D eigenvalue weighted by atomic mass is 9.97. The van der Waals surface area contributed by atoms with Gasteiger partial charge >= 0.3 is 6.18 Å². The van der Waals surface area contributed by atoms with E-state index in [1.165, 1.54) is 12.1 Å². The number of carbonyl (C=O) groups is 1. The van der Waals surface area contributed by atoms with Gasteiger partial charge in [0, 0.05) is 13.1 Å². The Morgan fingerprint density at radius 3 is 2.79 bits per heavy atom. The second-order valence-corrected chi connectivity index (χ2v) is 8.65. The summed E-state index contributed by atoms with van der Waals surface area (Å²) in [6.07, 6.45) is -2.81. The van der Waals surface area contributed by atoms with Gasteiger partial charge in [0.05, 0.1) is 22.9 Å². The SMILES string of the molecule is O=C(NCCOc1cccc(C(F)(F)F)c1)C1CCCN(c2ccc(-c3cccs3)nn2)C1. The Morgan fingerprint density at radius 1 is 1.18 bits per heavy atom. The van der Waals surface area contributed by atoms with Crippen LogP contribution in [0.2, 0.25) is 0 Å². The molecule has 1 aliphatic heterocycles. The summed E-state index contributed by atoms with van der Waals surface area (Å²) < 4.78 is 43.7. The molecule has 0 bridgehead atoms. The van der Waals surface area contributed by atoms with E-state index in [0.717, 1.165) is 47.9 Å². The van der Waals surface area contributed by atoms with Crippen molar-refractivity contribution < 1.29 is 22.7 Å². The Kier molecular flexibility index (Phi) is 7.12. The zero-order chi connectivity index (χ0) is 23.3. The third kappa shape index (κ3) is 6.01. The van der Waals surface area contributed by atoms with Gasteiger partial charge in [-0.15, -0.1) is 21.5 Å². The second kappa shape index (κ2) is 10.2. The topological polar surface area (TPSA) is 67.3 Å². The van der Waals surface area contributed by atoms with E-state index in [4.69, 9.17) is 4.74 Å². The monoisotopic (exact) mass is 476 g/mol. The van der Waals surface area contributed by atoms with Crippen LogP contribution in [0.1, 0.15) is 18.4 Å². The predicted octanol–water partition coefficient (Wildman–Crippen LogP) is 4.64. The van der Waals surface area contributed by atoms with Crippen molar-refractivity contribution in [2.75, 3.05) is 31.1 Å². The molecule has 1 N–H and O–H groups in total. The van der Waals surface area contributed by atoms with Gasteiger partial charge in [-0.05, 0) is 54.6 Å². The summed E-state index contributed by atoms with van der Waals surface area (Å²) in [6, 6.07) is 12.5. The zero-order valence-corrected chi connectivity index (χ0v) is 18.5. The summed E-state index contributed by atoms with van der Waals surface area (Å²) in [5, 5.41) is 13.5. The number of nitrogens with one attached hydrogen (secondary N) is 1. The van der Waals surface area contributed by atoms with Crippen molar-refractivity contribution in [1.29, 1.82) is 0 Å². The standard InChI is InChI=1S/C23H23F3N4O2S/c24-23(25,26)17-5-1-6-18(14-17)32-12-10-27-22(31)16-4-2-11-30(15-16)21-9-8-19(28-29-21)20-7-3-13-33-20/h1,3,5-9,13-14,16H,2,4,10-12,15H2,(H,27,31). The largest absolute Gasteiger partial charge is 0.492 e. The Hall–Kier alpha value is -3.14. The van der Waals surface area contributed by atoms with Gasteiger partial charge in [0.15, 0.2) is 5.82 Å². The molecule has 1 aromatic carbocycles. The van der Waals surface area contributed by atoms with Crippen molar-refractivity contribution in [1.82, 2.24) is 15.5 Å². The number of hydrogen-bond donors (Lipinski definition) is 1. The molecule has 1 unspecified atom stereocenters. The number of ether oxygens (including phenoxy) is 1.